The monoisotopic (exact) mass is 570 g/mol. The smallest absolute Gasteiger partial charge is 0.306 e. The van der Waals surface area contributed by atoms with E-state index in [0.717, 1.165) is 11.4 Å². The number of carboxylic acid groups (broad SMARTS) is 1. The van der Waals surface area contributed by atoms with Crippen LogP contribution in [0.1, 0.15) is 83.9 Å². The number of ketones is 2. The Bertz CT molecular complexity index is 1610. The fraction of sp³-hybridized carbons (Fsp3) is 0.353. The molecule has 0 aliphatic carbocycles. The molecule has 0 radical (unpaired) electrons. The lowest BCUT2D eigenvalue weighted by Gasteiger charge is -2.19. The van der Waals surface area contributed by atoms with Gasteiger partial charge in [0, 0.05) is 34.5 Å². The number of fused-ring (bicyclic) bond motifs is 1. The van der Waals surface area contributed by atoms with Crippen molar-refractivity contribution in [3.63, 3.8) is 0 Å². The lowest BCUT2D eigenvalue weighted by atomic mass is 9.82. The van der Waals surface area contributed by atoms with Crippen molar-refractivity contribution in [2.24, 2.45) is 11.3 Å². The van der Waals surface area contributed by atoms with Gasteiger partial charge in [-0.3, -0.25) is 19.4 Å². The van der Waals surface area contributed by atoms with E-state index in [1.54, 1.807) is 54.1 Å². The van der Waals surface area contributed by atoms with Gasteiger partial charge in [-0.1, -0.05) is 40.2 Å². The van der Waals surface area contributed by atoms with Crippen molar-refractivity contribution in [3.8, 4) is 11.5 Å². The van der Waals surface area contributed by atoms with Crippen LogP contribution in [0.2, 0.25) is 0 Å². The van der Waals surface area contributed by atoms with Crippen LogP contribution in [0.5, 0.6) is 11.5 Å². The molecule has 0 amide bonds. The summed E-state index contributed by atoms with van der Waals surface area (Å²) in [6.45, 7) is 9.51. The zero-order valence-electron chi connectivity index (χ0n) is 25.1. The first-order valence-corrected chi connectivity index (χ1v) is 14.1. The van der Waals surface area contributed by atoms with Crippen LogP contribution in [0.4, 0.5) is 0 Å². The number of carboxylic acids is 1. The summed E-state index contributed by atoms with van der Waals surface area (Å²) in [5.74, 6) is -1.10. The van der Waals surface area contributed by atoms with E-state index in [-0.39, 0.29) is 30.3 Å². The highest BCUT2D eigenvalue weighted by Crippen LogP contribution is 2.36. The lowest BCUT2D eigenvalue weighted by Crippen LogP contribution is -2.24. The summed E-state index contributed by atoms with van der Waals surface area (Å²) in [5, 5.41) is 10.1. The van der Waals surface area contributed by atoms with Crippen molar-refractivity contribution in [1.29, 1.82) is 0 Å². The van der Waals surface area contributed by atoms with Crippen LogP contribution in [0, 0.1) is 18.3 Å². The average molecular weight is 571 g/mol. The Morgan fingerprint density at radius 1 is 1.02 bits per heavy atom. The lowest BCUT2D eigenvalue weighted by molar-refractivity contribution is -0.141. The minimum Gasteiger partial charge on any atom is -0.497 e. The molecule has 0 aliphatic rings. The number of carbonyl (C=O) groups excluding carboxylic acids is 2. The Balaban J connectivity index is 1.93. The third kappa shape index (κ3) is 6.54. The van der Waals surface area contributed by atoms with E-state index in [0.29, 0.717) is 46.5 Å². The van der Waals surface area contributed by atoms with Crippen LogP contribution >= 0.6 is 0 Å². The minimum absolute atomic E-state index is 0.0443. The van der Waals surface area contributed by atoms with Gasteiger partial charge in [-0.2, -0.15) is 0 Å². The molecule has 3 heterocycles. The Hall–Kier alpha value is -4.46. The number of benzene rings is 1. The summed E-state index contributed by atoms with van der Waals surface area (Å²) in [6, 6.07) is 15.9. The molecule has 0 aliphatic heterocycles. The molecule has 0 saturated heterocycles. The molecule has 0 bridgehead atoms. The highest BCUT2D eigenvalue weighted by Gasteiger charge is 2.35. The first kappa shape index (κ1) is 30.5. The number of aryl methyl sites for hydroxylation is 1. The van der Waals surface area contributed by atoms with Gasteiger partial charge in [0.1, 0.15) is 18.1 Å². The number of nitrogens with zero attached hydrogens (tertiary/aromatic N) is 2. The van der Waals surface area contributed by atoms with Crippen LogP contribution in [0.15, 0.2) is 60.8 Å². The number of Topliss-reactive ketones (excluding diaryl/α,β-unsaturated/α-hetero) is 1. The van der Waals surface area contributed by atoms with E-state index < -0.39 is 17.3 Å². The number of aromatic nitrogens is 2. The molecule has 220 valence electrons. The second-order valence-corrected chi connectivity index (χ2v) is 11.5. The number of ether oxygens (including phenoxy) is 2. The number of carbonyl (C=O) groups is 3. The summed E-state index contributed by atoms with van der Waals surface area (Å²) >= 11 is 0. The molecule has 0 saturated carbocycles. The largest absolute Gasteiger partial charge is 0.497 e. The zero-order valence-corrected chi connectivity index (χ0v) is 25.1. The van der Waals surface area contributed by atoms with Crippen LogP contribution in [0.25, 0.3) is 5.52 Å². The molecule has 0 spiro atoms. The standard InChI is InChI=1S/C34H38N2O6/c1-7-9-23(33(39)40)18-27-29(32(38)34(3,4)5)28-19-26(42-20-24-11-8-10-21(2)35-24)16-17-36(28)30(27)31(37)22-12-14-25(41-6)15-13-22/h8,10-17,19,23H,7,9,18,20H2,1-6H3,(H,39,40). The van der Waals surface area contributed by atoms with E-state index in [1.807, 2.05) is 52.8 Å². The number of rotatable bonds is 12. The summed E-state index contributed by atoms with van der Waals surface area (Å²) in [4.78, 5) is 45.0. The Morgan fingerprint density at radius 3 is 2.33 bits per heavy atom. The molecule has 8 nitrogen and oxygen atoms in total. The quantitative estimate of drug-likeness (QED) is 0.188. The van der Waals surface area contributed by atoms with Crippen molar-refractivity contribution >= 4 is 23.1 Å². The number of pyridine rings is 2. The van der Waals surface area contributed by atoms with Gasteiger partial charge in [-0.15, -0.1) is 0 Å². The summed E-state index contributed by atoms with van der Waals surface area (Å²) in [7, 11) is 1.55. The maximum atomic E-state index is 14.1. The molecular formula is C34H38N2O6. The summed E-state index contributed by atoms with van der Waals surface area (Å²) in [6.07, 6.45) is 2.82. The number of aliphatic carboxylic acids is 1. The second kappa shape index (κ2) is 12.6. The van der Waals surface area contributed by atoms with Crippen molar-refractivity contribution < 1.29 is 29.0 Å². The predicted octanol–water partition coefficient (Wildman–Crippen LogP) is 6.73. The van der Waals surface area contributed by atoms with E-state index in [2.05, 4.69) is 4.98 Å². The molecule has 1 aromatic carbocycles. The van der Waals surface area contributed by atoms with Crippen molar-refractivity contribution in [1.82, 2.24) is 9.38 Å². The molecule has 0 fully saturated rings. The normalized spacial score (nSPS) is 12.2. The summed E-state index contributed by atoms with van der Waals surface area (Å²) < 4.78 is 13.0. The van der Waals surface area contributed by atoms with Crippen LogP contribution < -0.4 is 9.47 Å². The first-order valence-electron chi connectivity index (χ1n) is 14.1. The van der Waals surface area contributed by atoms with Gasteiger partial charge < -0.3 is 19.0 Å². The van der Waals surface area contributed by atoms with Crippen LogP contribution in [-0.2, 0) is 17.8 Å². The molecule has 1 unspecified atom stereocenters. The second-order valence-electron chi connectivity index (χ2n) is 11.5. The number of hydrogen-bond acceptors (Lipinski definition) is 6. The Kier molecular flexibility index (Phi) is 9.14. The molecule has 1 N–H and O–H groups in total. The minimum atomic E-state index is -0.959. The number of hydrogen-bond donors (Lipinski definition) is 1. The maximum absolute atomic E-state index is 14.1. The number of methoxy groups -OCH3 is 1. The molecule has 1 atom stereocenters. The van der Waals surface area contributed by atoms with Crippen LogP contribution in [-0.4, -0.2) is 39.1 Å². The Morgan fingerprint density at radius 2 is 1.74 bits per heavy atom. The molecule has 42 heavy (non-hydrogen) atoms. The maximum Gasteiger partial charge on any atom is 0.306 e. The van der Waals surface area contributed by atoms with Gasteiger partial charge in [0.2, 0.25) is 5.78 Å². The van der Waals surface area contributed by atoms with E-state index in [1.165, 1.54) is 0 Å². The third-order valence-electron chi connectivity index (χ3n) is 7.26. The third-order valence-corrected chi connectivity index (χ3v) is 7.26. The van der Waals surface area contributed by atoms with Crippen molar-refractivity contribution in [2.75, 3.05) is 7.11 Å². The molecule has 4 aromatic rings. The predicted molar refractivity (Wildman–Crippen MR) is 161 cm³/mol. The fourth-order valence-electron chi connectivity index (χ4n) is 5.07. The van der Waals surface area contributed by atoms with Crippen LogP contribution in [0.3, 0.4) is 0 Å². The highest BCUT2D eigenvalue weighted by atomic mass is 16.5. The van der Waals surface area contributed by atoms with E-state index in [4.69, 9.17) is 9.47 Å². The zero-order chi connectivity index (χ0) is 30.6. The molecule has 3 aromatic heterocycles. The Labute approximate surface area is 246 Å². The molecule has 8 heteroatoms. The highest BCUT2D eigenvalue weighted by molar-refractivity contribution is 6.15. The van der Waals surface area contributed by atoms with Gasteiger partial charge in [-0.25, -0.2) is 0 Å². The SMILES string of the molecule is CCCC(Cc1c(C(=O)C(C)(C)C)c2cc(OCc3cccc(C)n3)ccn2c1C(=O)c1ccc(OC)cc1)C(=O)O. The topological polar surface area (TPSA) is 107 Å². The van der Waals surface area contributed by atoms with Crippen molar-refractivity contribution in [3.05, 3.63) is 94.6 Å². The van der Waals surface area contributed by atoms with E-state index in [9.17, 15) is 19.5 Å². The van der Waals surface area contributed by atoms with Gasteiger partial charge >= 0.3 is 5.97 Å². The van der Waals surface area contributed by atoms with Crippen molar-refractivity contribution in [2.45, 2.75) is 60.5 Å². The summed E-state index contributed by atoms with van der Waals surface area (Å²) in [5.41, 5.74) is 2.81. The molecular weight excluding hydrogens is 532 g/mol. The first-order chi connectivity index (χ1) is 19.9. The van der Waals surface area contributed by atoms with Gasteiger partial charge in [0.05, 0.1) is 29.9 Å². The van der Waals surface area contributed by atoms with Gasteiger partial charge in [-0.05, 0) is 67.8 Å². The van der Waals surface area contributed by atoms with Gasteiger partial charge in [0.25, 0.3) is 0 Å². The fourth-order valence-corrected chi connectivity index (χ4v) is 5.07. The average Bonchev–Trinajstić information content (AvgIpc) is 3.27. The van der Waals surface area contributed by atoms with Gasteiger partial charge in [0.15, 0.2) is 5.78 Å². The molecule has 4 rings (SSSR count). The van der Waals surface area contributed by atoms with E-state index >= 15 is 0 Å².